The van der Waals surface area contributed by atoms with Crippen LogP contribution < -0.4 is 10.6 Å². The van der Waals surface area contributed by atoms with Crippen molar-refractivity contribution in [2.45, 2.75) is 16.9 Å². The van der Waals surface area contributed by atoms with Gasteiger partial charge in [-0.3, -0.25) is 0 Å². The molecule has 6 nitrogen and oxygen atoms in total. The molecule has 1 fully saturated rings. The topological polar surface area (TPSA) is 87.7 Å². The molecule has 0 aliphatic carbocycles. The highest BCUT2D eigenvalue weighted by molar-refractivity contribution is 7.98. The van der Waals surface area contributed by atoms with E-state index in [2.05, 4.69) is 10.6 Å². The first-order valence-electron chi connectivity index (χ1n) is 6.10. The Balaban J connectivity index is 2.02. The first-order valence-corrected chi connectivity index (χ1v) is 7.32. The number of rotatable bonds is 4. The molecule has 0 bridgehead atoms. The van der Waals surface area contributed by atoms with Gasteiger partial charge in [-0.1, -0.05) is 6.07 Å². The first kappa shape index (κ1) is 14.7. The van der Waals surface area contributed by atoms with E-state index in [0.717, 1.165) is 4.90 Å². The van der Waals surface area contributed by atoms with E-state index in [1.54, 1.807) is 17.8 Å². The molecule has 3 N–H and O–H groups in total. The van der Waals surface area contributed by atoms with E-state index in [1.807, 2.05) is 24.5 Å². The van der Waals surface area contributed by atoms with Crippen LogP contribution in [0.5, 0.6) is 0 Å². The number of carbonyl (C=O) groups is 2. The highest BCUT2D eigenvalue weighted by Gasteiger charge is 2.44. The molecule has 1 aromatic carbocycles. The zero-order valence-corrected chi connectivity index (χ0v) is 11.8. The zero-order chi connectivity index (χ0) is 14.6. The van der Waals surface area contributed by atoms with Crippen molar-refractivity contribution in [1.29, 1.82) is 0 Å². The summed E-state index contributed by atoms with van der Waals surface area (Å²) in [4.78, 5) is 24.2. The van der Waals surface area contributed by atoms with Gasteiger partial charge in [-0.15, -0.1) is 11.8 Å². The second-order valence-electron chi connectivity index (χ2n) is 4.50. The molecule has 1 aromatic rings. The Kier molecular flexibility index (Phi) is 4.51. The number of hydrogen-bond donors (Lipinski definition) is 3. The minimum Gasteiger partial charge on any atom is -0.479 e. The fourth-order valence-corrected chi connectivity index (χ4v) is 2.43. The number of hydrogen-bond acceptors (Lipinski definition) is 4. The number of carboxylic acids is 1. The maximum atomic E-state index is 11.9. The molecule has 1 atom stereocenters. The molecule has 2 rings (SSSR count). The van der Waals surface area contributed by atoms with E-state index in [9.17, 15) is 14.7 Å². The first-order chi connectivity index (χ1) is 9.55. The van der Waals surface area contributed by atoms with Crippen molar-refractivity contribution in [1.82, 2.24) is 5.32 Å². The molecular formula is C13H16N2O4S. The summed E-state index contributed by atoms with van der Waals surface area (Å²) in [5.41, 5.74) is -0.713. The third kappa shape index (κ3) is 3.23. The largest absolute Gasteiger partial charge is 0.479 e. The molecule has 1 heterocycles. The van der Waals surface area contributed by atoms with E-state index < -0.39 is 17.5 Å². The number of carbonyl (C=O) groups excluding carboxylic acids is 1. The van der Waals surface area contributed by atoms with Crippen LogP contribution in [0.4, 0.5) is 10.5 Å². The van der Waals surface area contributed by atoms with Gasteiger partial charge in [0.15, 0.2) is 5.54 Å². The molecule has 0 saturated carbocycles. The van der Waals surface area contributed by atoms with Crippen LogP contribution >= 0.6 is 11.8 Å². The van der Waals surface area contributed by atoms with Gasteiger partial charge in [0, 0.05) is 23.6 Å². The lowest BCUT2D eigenvalue weighted by Crippen LogP contribution is -2.56. The molecule has 1 aliphatic heterocycles. The Labute approximate surface area is 120 Å². The van der Waals surface area contributed by atoms with Gasteiger partial charge < -0.3 is 20.5 Å². The molecule has 1 unspecified atom stereocenters. The zero-order valence-electron chi connectivity index (χ0n) is 11.0. The Morgan fingerprint density at radius 1 is 1.45 bits per heavy atom. The smallest absolute Gasteiger partial charge is 0.332 e. The van der Waals surface area contributed by atoms with Crippen molar-refractivity contribution >= 4 is 29.4 Å². The summed E-state index contributed by atoms with van der Waals surface area (Å²) in [7, 11) is 0. The molecule has 1 aliphatic rings. The molecule has 7 heteroatoms. The quantitative estimate of drug-likeness (QED) is 0.737. The van der Waals surface area contributed by atoms with Gasteiger partial charge in [0.25, 0.3) is 0 Å². The lowest BCUT2D eigenvalue weighted by Gasteiger charge is -2.23. The minimum atomic E-state index is -1.33. The predicted octanol–water partition coefficient (Wildman–Crippen LogP) is 1.77. The van der Waals surface area contributed by atoms with Gasteiger partial charge in [-0.2, -0.15) is 0 Å². The Bertz CT molecular complexity index is 515. The molecule has 108 valence electrons. The van der Waals surface area contributed by atoms with Gasteiger partial charge in [0.2, 0.25) is 0 Å². The van der Waals surface area contributed by atoms with E-state index in [-0.39, 0.29) is 13.0 Å². The van der Waals surface area contributed by atoms with Crippen molar-refractivity contribution in [2.24, 2.45) is 0 Å². The third-order valence-electron chi connectivity index (χ3n) is 3.11. The molecule has 0 spiro atoms. The van der Waals surface area contributed by atoms with Gasteiger partial charge in [0.05, 0.1) is 6.61 Å². The number of nitrogens with one attached hydrogen (secondary N) is 2. The molecule has 0 radical (unpaired) electrons. The number of amides is 2. The summed E-state index contributed by atoms with van der Waals surface area (Å²) in [5, 5.41) is 14.4. The third-order valence-corrected chi connectivity index (χ3v) is 3.84. The van der Waals surface area contributed by atoms with Crippen LogP contribution in [-0.2, 0) is 9.53 Å². The molecule has 20 heavy (non-hydrogen) atoms. The monoisotopic (exact) mass is 296 g/mol. The van der Waals surface area contributed by atoms with Crippen molar-refractivity contribution < 1.29 is 19.4 Å². The van der Waals surface area contributed by atoms with E-state index in [1.165, 1.54) is 0 Å². The van der Waals surface area contributed by atoms with Crippen LogP contribution in [0.3, 0.4) is 0 Å². The normalized spacial score (nSPS) is 21.4. The Hall–Kier alpha value is -1.73. The van der Waals surface area contributed by atoms with Crippen molar-refractivity contribution in [2.75, 3.05) is 24.8 Å². The predicted molar refractivity (Wildman–Crippen MR) is 76.2 cm³/mol. The summed E-state index contributed by atoms with van der Waals surface area (Å²) >= 11 is 1.56. The lowest BCUT2D eigenvalue weighted by molar-refractivity contribution is -0.144. The second kappa shape index (κ2) is 6.15. The van der Waals surface area contributed by atoms with E-state index >= 15 is 0 Å². The summed E-state index contributed by atoms with van der Waals surface area (Å²) < 4.78 is 5.08. The van der Waals surface area contributed by atoms with Gasteiger partial charge >= 0.3 is 12.0 Å². The van der Waals surface area contributed by atoms with Gasteiger partial charge in [0.1, 0.15) is 0 Å². The number of anilines is 1. The van der Waals surface area contributed by atoms with E-state index in [4.69, 9.17) is 4.74 Å². The Morgan fingerprint density at radius 2 is 2.25 bits per heavy atom. The fraction of sp³-hybridized carbons (Fsp3) is 0.385. The average molecular weight is 296 g/mol. The number of thioether (sulfide) groups is 1. The van der Waals surface area contributed by atoms with Crippen LogP contribution in [0, 0.1) is 0 Å². The molecule has 0 aromatic heterocycles. The number of aliphatic carboxylic acids is 1. The van der Waals surface area contributed by atoms with Crippen LogP contribution in [-0.4, -0.2) is 42.1 Å². The maximum absolute atomic E-state index is 11.9. The Morgan fingerprint density at radius 3 is 2.85 bits per heavy atom. The molecular weight excluding hydrogens is 280 g/mol. The highest BCUT2D eigenvalue weighted by atomic mass is 32.2. The van der Waals surface area contributed by atoms with Gasteiger partial charge in [-0.25, -0.2) is 9.59 Å². The molecule has 1 saturated heterocycles. The number of urea groups is 1. The molecule has 2 amide bonds. The minimum absolute atomic E-state index is 0.0133. The summed E-state index contributed by atoms with van der Waals surface area (Å²) in [6.45, 7) is 0.315. The SMILES string of the molecule is CSc1cccc(NC(=O)NC2(C(=O)O)CCOC2)c1. The summed E-state index contributed by atoms with van der Waals surface area (Å²) in [5.74, 6) is -1.08. The number of carboxylic acid groups (broad SMARTS) is 1. The average Bonchev–Trinajstić information content (AvgIpc) is 2.88. The van der Waals surface area contributed by atoms with Crippen LogP contribution in [0.2, 0.25) is 0 Å². The standard InChI is InChI=1S/C13H16N2O4S/c1-20-10-4-2-3-9(7-10)14-12(18)15-13(11(16)17)5-6-19-8-13/h2-4,7H,5-6,8H2,1H3,(H,16,17)(H2,14,15,18). The number of benzene rings is 1. The van der Waals surface area contributed by atoms with Crippen LogP contribution in [0.1, 0.15) is 6.42 Å². The van der Waals surface area contributed by atoms with Gasteiger partial charge in [-0.05, 0) is 24.5 Å². The summed E-state index contributed by atoms with van der Waals surface area (Å²) in [6.07, 6.45) is 2.20. The van der Waals surface area contributed by atoms with Crippen molar-refractivity contribution in [3.8, 4) is 0 Å². The second-order valence-corrected chi connectivity index (χ2v) is 5.38. The fourth-order valence-electron chi connectivity index (χ4n) is 1.97. The van der Waals surface area contributed by atoms with Crippen molar-refractivity contribution in [3.63, 3.8) is 0 Å². The van der Waals surface area contributed by atoms with Crippen LogP contribution in [0.25, 0.3) is 0 Å². The summed E-state index contributed by atoms with van der Waals surface area (Å²) in [6, 6.07) is 6.78. The van der Waals surface area contributed by atoms with Crippen LogP contribution in [0.15, 0.2) is 29.2 Å². The van der Waals surface area contributed by atoms with Crippen molar-refractivity contribution in [3.05, 3.63) is 24.3 Å². The van der Waals surface area contributed by atoms with E-state index in [0.29, 0.717) is 12.3 Å². The lowest BCUT2D eigenvalue weighted by atomic mass is 9.99. The highest BCUT2D eigenvalue weighted by Crippen LogP contribution is 2.21. The maximum Gasteiger partial charge on any atom is 0.332 e. The number of ether oxygens (including phenoxy) is 1.